The standard InChI is InChI=1S/C14H13N5O2S2/c15-10-6-12(20)19-11(18-10)3-4-16-13(21)8-7-23-14(17-8)9-2-1-5-22-9/h1-2,5-7H,3-4H2,(H,16,21)(H3,15,18,19,20). The van der Waals surface area contributed by atoms with Gasteiger partial charge in [-0.25, -0.2) is 9.97 Å². The van der Waals surface area contributed by atoms with Gasteiger partial charge in [0, 0.05) is 24.4 Å². The fourth-order valence-corrected chi connectivity index (χ4v) is 3.54. The molecule has 4 N–H and O–H groups in total. The van der Waals surface area contributed by atoms with E-state index in [9.17, 15) is 9.59 Å². The zero-order valence-corrected chi connectivity index (χ0v) is 13.5. The Bertz CT molecular complexity index is 869. The lowest BCUT2D eigenvalue weighted by atomic mass is 10.3. The van der Waals surface area contributed by atoms with Crippen molar-refractivity contribution in [1.82, 2.24) is 20.3 Å². The van der Waals surface area contributed by atoms with Crippen molar-refractivity contribution in [3.05, 3.63) is 50.8 Å². The molecule has 0 radical (unpaired) electrons. The van der Waals surface area contributed by atoms with Gasteiger partial charge in [-0.2, -0.15) is 0 Å². The quantitative estimate of drug-likeness (QED) is 0.647. The van der Waals surface area contributed by atoms with Crippen molar-refractivity contribution in [1.29, 1.82) is 0 Å². The molecule has 3 heterocycles. The fraction of sp³-hybridized carbons (Fsp3) is 0.143. The van der Waals surface area contributed by atoms with Crippen LogP contribution in [0.2, 0.25) is 0 Å². The highest BCUT2D eigenvalue weighted by Gasteiger charge is 2.12. The molecule has 0 atom stereocenters. The molecule has 118 valence electrons. The number of nitrogen functional groups attached to an aromatic ring is 1. The summed E-state index contributed by atoms with van der Waals surface area (Å²) in [6.45, 7) is 0.330. The monoisotopic (exact) mass is 347 g/mol. The number of thiophene rings is 1. The maximum Gasteiger partial charge on any atom is 0.270 e. The van der Waals surface area contributed by atoms with Crippen LogP contribution in [0.3, 0.4) is 0 Å². The SMILES string of the molecule is Nc1cc(=O)[nH]c(CCNC(=O)c2csc(-c3cccs3)n2)n1. The third kappa shape index (κ3) is 3.82. The first-order chi connectivity index (χ1) is 11.1. The molecule has 0 saturated carbocycles. The van der Waals surface area contributed by atoms with Gasteiger partial charge in [-0.15, -0.1) is 22.7 Å². The van der Waals surface area contributed by atoms with E-state index in [-0.39, 0.29) is 17.3 Å². The number of nitrogens with two attached hydrogens (primary N) is 1. The molecule has 23 heavy (non-hydrogen) atoms. The molecule has 0 bridgehead atoms. The number of aromatic amines is 1. The van der Waals surface area contributed by atoms with Gasteiger partial charge in [0.25, 0.3) is 11.5 Å². The van der Waals surface area contributed by atoms with Crippen LogP contribution in [-0.2, 0) is 6.42 Å². The van der Waals surface area contributed by atoms with Crippen molar-refractivity contribution < 1.29 is 4.79 Å². The normalized spacial score (nSPS) is 10.6. The number of nitrogens with zero attached hydrogens (tertiary/aromatic N) is 2. The van der Waals surface area contributed by atoms with Crippen LogP contribution in [0.5, 0.6) is 0 Å². The summed E-state index contributed by atoms with van der Waals surface area (Å²) in [5.41, 5.74) is 5.58. The molecule has 7 nitrogen and oxygen atoms in total. The van der Waals surface area contributed by atoms with Crippen molar-refractivity contribution in [2.45, 2.75) is 6.42 Å². The van der Waals surface area contributed by atoms with Gasteiger partial charge in [0.05, 0.1) is 4.88 Å². The van der Waals surface area contributed by atoms with Crippen LogP contribution >= 0.6 is 22.7 Å². The molecule has 0 fully saturated rings. The highest BCUT2D eigenvalue weighted by atomic mass is 32.1. The average Bonchev–Trinajstić information content (AvgIpc) is 3.17. The highest BCUT2D eigenvalue weighted by molar-refractivity contribution is 7.20. The van der Waals surface area contributed by atoms with Gasteiger partial charge in [0.1, 0.15) is 22.3 Å². The number of carbonyl (C=O) groups is 1. The van der Waals surface area contributed by atoms with Gasteiger partial charge in [-0.05, 0) is 11.4 Å². The molecule has 1 amide bonds. The summed E-state index contributed by atoms with van der Waals surface area (Å²) in [5.74, 6) is 0.346. The van der Waals surface area contributed by atoms with E-state index in [1.807, 2.05) is 17.5 Å². The second-order valence-corrected chi connectivity index (χ2v) is 6.44. The van der Waals surface area contributed by atoms with Crippen molar-refractivity contribution in [3.8, 4) is 9.88 Å². The van der Waals surface area contributed by atoms with Crippen molar-refractivity contribution >= 4 is 34.4 Å². The van der Waals surface area contributed by atoms with E-state index in [1.54, 1.807) is 16.7 Å². The fourth-order valence-electron chi connectivity index (χ4n) is 1.92. The summed E-state index contributed by atoms with van der Waals surface area (Å²) >= 11 is 3.01. The summed E-state index contributed by atoms with van der Waals surface area (Å²) in [6.07, 6.45) is 0.383. The zero-order chi connectivity index (χ0) is 16.2. The van der Waals surface area contributed by atoms with Gasteiger partial charge in [-0.1, -0.05) is 6.07 Å². The second kappa shape index (κ2) is 6.71. The van der Waals surface area contributed by atoms with Crippen LogP contribution in [0.25, 0.3) is 9.88 Å². The lowest BCUT2D eigenvalue weighted by Crippen LogP contribution is -2.27. The topological polar surface area (TPSA) is 114 Å². The molecule has 0 saturated heterocycles. The number of rotatable bonds is 5. The maximum absolute atomic E-state index is 12.1. The summed E-state index contributed by atoms with van der Waals surface area (Å²) in [4.78, 5) is 35.3. The number of hydrogen-bond donors (Lipinski definition) is 3. The Kier molecular flexibility index (Phi) is 4.49. The van der Waals surface area contributed by atoms with E-state index in [2.05, 4.69) is 20.3 Å². The summed E-state index contributed by atoms with van der Waals surface area (Å²) < 4.78 is 0. The van der Waals surface area contributed by atoms with Gasteiger partial charge < -0.3 is 16.0 Å². The molecule has 9 heteroatoms. The highest BCUT2D eigenvalue weighted by Crippen LogP contribution is 2.27. The summed E-state index contributed by atoms with van der Waals surface area (Å²) in [6, 6.07) is 5.12. The van der Waals surface area contributed by atoms with E-state index >= 15 is 0 Å². The number of carbonyl (C=O) groups excluding carboxylic acids is 1. The van der Waals surface area contributed by atoms with Crippen LogP contribution in [0.15, 0.2) is 33.8 Å². The first-order valence-electron chi connectivity index (χ1n) is 6.75. The van der Waals surface area contributed by atoms with Crippen molar-refractivity contribution in [3.63, 3.8) is 0 Å². The molecular weight excluding hydrogens is 334 g/mol. The zero-order valence-electron chi connectivity index (χ0n) is 11.9. The number of amides is 1. The Morgan fingerprint density at radius 1 is 1.35 bits per heavy atom. The predicted molar refractivity (Wildman–Crippen MR) is 90.7 cm³/mol. The molecule has 3 aromatic heterocycles. The maximum atomic E-state index is 12.1. The van der Waals surface area contributed by atoms with Crippen LogP contribution in [0.1, 0.15) is 16.3 Å². The summed E-state index contributed by atoms with van der Waals surface area (Å²) in [5, 5.41) is 7.27. The van der Waals surface area contributed by atoms with Crippen molar-refractivity contribution in [2.75, 3.05) is 12.3 Å². The second-order valence-electron chi connectivity index (χ2n) is 4.64. The Labute approximate surface area is 139 Å². The Morgan fingerprint density at radius 2 is 2.22 bits per heavy atom. The number of hydrogen-bond acceptors (Lipinski definition) is 7. The van der Waals surface area contributed by atoms with E-state index in [0.717, 1.165) is 9.88 Å². The molecule has 0 aromatic carbocycles. The lowest BCUT2D eigenvalue weighted by molar-refractivity contribution is 0.0950. The first-order valence-corrected chi connectivity index (χ1v) is 8.51. The van der Waals surface area contributed by atoms with Crippen LogP contribution in [0, 0.1) is 0 Å². The molecule has 0 aliphatic carbocycles. The number of aromatic nitrogens is 3. The third-order valence-electron chi connectivity index (χ3n) is 2.93. The number of thiazole rings is 1. The average molecular weight is 347 g/mol. The number of nitrogens with one attached hydrogen (secondary N) is 2. The van der Waals surface area contributed by atoms with Gasteiger partial charge in [0.15, 0.2) is 0 Å². The molecule has 0 aliphatic heterocycles. The largest absolute Gasteiger partial charge is 0.383 e. The van der Waals surface area contributed by atoms with Crippen LogP contribution in [-0.4, -0.2) is 27.4 Å². The minimum Gasteiger partial charge on any atom is -0.383 e. The lowest BCUT2D eigenvalue weighted by Gasteiger charge is -2.03. The molecule has 3 rings (SSSR count). The molecule has 3 aromatic rings. The summed E-state index contributed by atoms with van der Waals surface area (Å²) in [7, 11) is 0. The predicted octanol–water partition coefficient (Wildman–Crippen LogP) is 1.51. The molecule has 0 spiro atoms. The Balaban J connectivity index is 1.58. The molecule has 0 unspecified atom stereocenters. The number of anilines is 1. The van der Waals surface area contributed by atoms with E-state index < -0.39 is 0 Å². The molecular formula is C14H13N5O2S2. The Hall–Kier alpha value is -2.52. The van der Waals surface area contributed by atoms with Gasteiger partial charge >= 0.3 is 0 Å². The van der Waals surface area contributed by atoms with Crippen LogP contribution in [0.4, 0.5) is 5.82 Å². The van der Waals surface area contributed by atoms with E-state index in [4.69, 9.17) is 5.73 Å². The van der Waals surface area contributed by atoms with E-state index in [0.29, 0.717) is 24.5 Å². The smallest absolute Gasteiger partial charge is 0.270 e. The van der Waals surface area contributed by atoms with Crippen LogP contribution < -0.4 is 16.6 Å². The third-order valence-corrected chi connectivity index (χ3v) is 4.81. The minimum absolute atomic E-state index is 0.162. The number of H-pyrrole nitrogens is 1. The van der Waals surface area contributed by atoms with Gasteiger partial charge in [-0.3, -0.25) is 9.59 Å². The first kappa shape index (κ1) is 15.4. The van der Waals surface area contributed by atoms with Gasteiger partial charge in [0.2, 0.25) is 0 Å². The molecule has 0 aliphatic rings. The minimum atomic E-state index is -0.307. The Morgan fingerprint density at radius 3 is 2.96 bits per heavy atom. The van der Waals surface area contributed by atoms with E-state index in [1.165, 1.54) is 17.4 Å². The van der Waals surface area contributed by atoms with Crippen molar-refractivity contribution in [2.24, 2.45) is 0 Å².